The molecule has 1 nitrogen and oxygen atoms in total. The molecule has 134 valence electrons. The molecule has 1 aliphatic rings. The molecule has 0 amide bonds. The summed E-state index contributed by atoms with van der Waals surface area (Å²) in [6, 6.07) is 0.455. The third kappa shape index (κ3) is 6.40. The SMILES string of the molecule is CCCCCCCC(N)C1(CCC)CCCCC1CCC.Cl. The van der Waals surface area contributed by atoms with Gasteiger partial charge in [0.2, 0.25) is 0 Å². The van der Waals surface area contributed by atoms with E-state index >= 15 is 0 Å². The van der Waals surface area contributed by atoms with Crippen LogP contribution in [-0.2, 0) is 0 Å². The van der Waals surface area contributed by atoms with Crippen LogP contribution in [0, 0.1) is 11.3 Å². The van der Waals surface area contributed by atoms with Crippen molar-refractivity contribution >= 4 is 12.4 Å². The van der Waals surface area contributed by atoms with Gasteiger partial charge < -0.3 is 5.73 Å². The minimum absolute atomic E-state index is 0. The first-order valence-electron chi connectivity index (χ1n) is 9.96. The number of hydrogen-bond acceptors (Lipinski definition) is 1. The van der Waals surface area contributed by atoms with Crippen molar-refractivity contribution in [2.75, 3.05) is 0 Å². The molecule has 0 saturated heterocycles. The number of rotatable bonds is 11. The molecule has 0 aromatic rings. The van der Waals surface area contributed by atoms with Crippen molar-refractivity contribution < 1.29 is 0 Å². The molecular weight excluding hydrogens is 290 g/mol. The van der Waals surface area contributed by atoms with E-state index in [4.69, 9.17) is 5.73 Å². The normalized spacial score (nSPS) is 26.5. The number of unbranched alkanes of at least 4 members (excludes halogenated alkanes) is 4. The highest BCUT2D eigenvalue weighted by Crippen LogP contribution is 2.49. The van der Waals surface area contributed by atoms with Crippen molar-refractivity contribution in [2.24, 2.45) is 17.1 Å². The van der Waals surface area contributed by atoms with E-state index in [2.05, 4.69) is 20.8 Å². The fourth-order valence-electron chi connectivity index (χ4n) is 4.84. The average Bonchev–Trinajstić information content (AvgIpc) is 2.49. The van der Waals surface area contributed by atoms with E-state index in [0.717, 1.165) is 5.92 Å². The van der Waals surface area contributed by atoms with Gasteiger partial charge >= 0.3 is 0 Å². The van der Waals surface area contributed by atoms with Crippen molar-refractivity contribution in [1.82, 2.24) is 0 Å². The van der Waals surface area contributed by atoms with Gasteiger partial charge in [-0.2, -0.15) is 0 Å². The fraction of sp³-hybridized carbons (Fsp3) is 1.00. The Kier molecular flexibility index (Phi) is 12.8. The minimum atomic E-state index is 0. The molecule has 1 saturated carbocycles. The van der Waals surface area contributed by atoms with Crippen LogP contribution >= 0.6 is 12.4 Å². The average molecular weight is 332 g/mol. The maximum absolute atomic E-state index is 6.80. The van der Waals surface area contributed by atoms with Crippen LogP contribution < -0.4 is 5.73 Å². The van der Waals surface area contributed by atoms with Crippen LogP contribution in [0.1, 0.15) is 111 Å². The summed E-state index contributed by atoms with van der Waals surface area (Å²) < 4.78 is 0. The Labute approximate surface area is 146 Å². The number of halogens is 1. The predicted octanol–water partition coefficient (Wildman–Crippen LogP) is 6.87. The Morgan fingerprint density at radius 2 is 1.68 bits per heavy atom. The van der Waals surface area contributed by atoms with Gasteiger partial charge in [0.1, 0.15) is 0 Å². The zero-order chi connectivity index (χ0) is 15.6. The summed E-state index contributed by atoms with van der Waals surface area (Å²) >= 11 is 0. The van der Waals surface area contributed by atoms with E-state index in [0.29, 0.717) is 11.5 Å². The maximum atomic E-state index is 6.80. The highest BCUT2D eigenvalue weighted by Gasteiger charge is 2.43. The second-order valence-electron chi connectivity index (χ2n) is 7.52. The molecule has 3 unspecified atom stereocenters. The Hall–Kier alpha value is 0.250. The first-order chi connectivity index (χ1) is 10.2. The van der Waals surface area contributed by atoms with Crippen LogP contribution in [-0.4, -0.2) is 6.04 Å². The van der Waals surface area contributed by atoms with Crippen LogP contribution in [0.25, 0.3) is 0 Å². The standard InChI is InChI=1S/C20H41N.ClH/c1-4-7-8-9-10-15-19(21)20(16-6-3)17-12-11-14-18(20)13-5-2;/h18-19H,4-17,21H2,1-3H3;1H. The van der Waals surface area contributed by atoms with Gasteiger partial charge in [-0.25, -0.2) is 0 Å². The van der Waals surface area contributed by atoms with Gasteiger partial charge in [-0.05, 0) is 37.0 Å². The lowest BCUT2D eigenvalue weighted by molar-refractivity contribution is 0.0399. The van der Waals surface area contributed by atoms with Gasteiger partial charge in [-0.1, -0.05) is 85.0 Å². The molecule has 3 atom stereocenters. The van der Waals surface area contributed by atoms with Crippen molar-refractivity contribution in [3.63, 3.8) is 0 Å². The molecule has 0 radical (unpaired) electrons. The number of hydrogen-bond donors (Lipinski definition) is 1. The second kappa shape index (κ2) is 12.6. The van der Waals surface area contributed by atoms with E-state index in [-0.39, 0.29) is 12.4 Å². The van der Waals surface area contributed by atoms with Crippen molar-refractivity contribution in [3.05, 3.63) is 0 Å². The Morgan fingerprint density at radius 3 is 2.32 bits per heavy atom. The third-order valence-corrected chi connectivity index (χ3v) is 5.97. The van der Waals surface area contributed by atoms with Crippen LogP contribution in [0.5, 0.6) is 0 Å². The molecule has 2 heteroatoms. The Bertz CT molecular complexity index is 250. The summed E-state index contributed by atoms with van der Waals surface area (Å²) in [4.78, 5) is 0. The van der Waals surface area contributed by atoms with Gasteiger partial charge in [-0.3, -0.25) is 0 Å². The highest BCUT2D eigenvalue weighted by molar-refractivity contribution is 5.85. The molecule has 0 spiro atoms. The lowest BCUT2D eigenvalue weighted by Crippen LogP contribution is -2.48. The van der Waals surface area contributed by atoms with E-state index < -0.39 is 0 Å². The summed E-state index contributed by atoms with van der Waals surface area (Å²) in [5.74, 6) is 0.904. The minimum Gasteiger partial charge on any atom is -0.327 e. The maximum Gasteiger partial charge on any atom is 0.00982 e. The van der Waals surface area contributed by atoms with Crippen molar-refractivity contribution in [2.45, 2.75) is 117 Å². The van der Waals surface area contributed by atoms with Gasteiger partial charge in [0.05, 0.1) is 0 Å². The quantitative estimate of drug-likeness (QED) is 0.410. The summed E-state index contributed by atoms with van der Waals surface area (Å²) in [6.45, 7) is 6.99. The Morgan fingerprint density at radius 1 is 0.955 bits per heavy atom. The molecule has 2 N–H and O–H groups in total. The van der Waals surface area contributed by atoms with E-state index in [1.165, 1.54) is 89.9 Å². The zero-order valence-corrected chi connectivity index (χ0v) is 16.4. The first-order valence-corrected chi connectivity index (χ1v) is 9.96. The van der Waals surface area contributed by atoms with Crippen LogP contribution in [0.2, 0.25) is 0 Å². The second-order valence-corrected chi connectivity index (χ2v) is 7.52. The van der Waals surface area contributed by atoms with E-state index in [1.807, 2.05) is 0 Å². The summed E-state index contributed by atoms with van der Waals surface area (Å²) in [5.41, 5.74) is 7.28. The summed E-state index contributed by atoms with van der Waals surface area (Å²) in [5, 5.41) is 0. The topological polar surface area (TPSA) is 26.0 Å². The number of nitrogens with two attached hydrogens (primary N) is 1. The van der Waals surface area contributed by atoms with Crippen LogP contribution in [0.15, 0.2) is 0 Å². The lowest BCUT2D eigenvalue weighted by Gasteiger charge is -2.49. The smallest absolute Gasteiger partial charge is 0.00982 e. The monoisotopic (exact) mass is 331 g/mol. The zero-order valence-electron chi connectivity index (χ0n) is 15.5. The van der Waals surface area contributed by atoms with E-state index in [1.54, 1.807) is 0 Å². The van der Waals surface area contributed by atoms with Gasteiger partial charge in [-0.15, -0.1) is 12.4 Å². The van der Waals surface area contributed by atoms with Crippen LogP contribution in [0.3, 0.4) is 0 Å². The van der Waals surface area contributed by atoms with Crippen LogP contribution in [0.4, 0.5) is 0 Å². The fourth-order valence-corrected chi connectivity index (χ4v) is 4.84. The van der Waals surface area contributed by atoms with Crippen molar-refractivity contribution in [3.8, 4) is 0 Å². The van der Waals surface area contributed by atoms with Crippen molar-refractivity contribution in [1.29, 1.82) is 0 Å². The molecular formula is C20H42ClN. The molecule has 0 aromatic heterocycles. The third-order valence-electron chi connectivity index (χ3n) is 5.97. The summed E-state index contributed by atoms with van der Waals surface area (Å²) in [6.07, 6.45) is 19.3. The molecule has 22 heavy (non-hydrogen) atoms. The van der Waals surface area contributed by atoms with Gasteiger partial charge in [0.15, 0.2) is 0 Å². The first kappa shape index (κ1) is 22.2. The van der Waals surface area contributed by atoms with Gasteiger partial charge in [0, 0.05) is 6.04 Å². The molecule has 1 rings (SSSR count). The predicted molar refractivity (Wildman–Crippen MR) is 103 cm³/mol. The highest BCUT2D eigenvalue weighted by atomic mass is 35.5. The molecule has 0 aliphatic heterocycles. The lowest BCUT2D eigenvalue weighted by atomic mass is 9.58. The molecule has 0 heterocycles. The molecule has 0 bridgehead atoms. The molecule has 1 fully saturated rings. The van der Waals surface area contributed by atoms with E-state index in [9.17, 15) is 0 Å². The Balaban J connectivity index is 0.00000441. The molecule has 1 aliphatic carbocycles. The van der Waals surface area contributed by atoms with Gasteiger partial charge in [0.25, 0.3) is 0 Å². The largest absolute Gasteiger partial charge is 0.327 e. The summed E-state index contributed by atoms with van der Waals surface area (Å²) in [7, 11) is 0. The molecule has 0 aromatic carbocycles.